The summed E-state index contributed by atoms with van der Waals surface area (Å²) in [5, 5.41) is 12.0. The fourth-order valence-corrected chi connectivity index (χ4v) is 2.34. The van der Waals surface area contributed by atoms with Gasteiger partial charge in [0.25, 0.3) is 0 Å². The van der Waals surface area contributed by atoms with E-state index in [1.807, 2.05) is 6.07 Å². The van der Waals surface area contributed by atoms with E-state index in [0.717, 1.165) is 0 Å². The molecule has 1 atom stereocenters. The normalized spacial score (nSPS) is 11.0. The number of amides is 2. The number of ether oxygens (including phenoxy) is 2. The lowest BCUT2D eigenvalue weighted by molar-refractivity contribution is 0.145. The number of nitriles is 1. The highest BCUT2D eigenvalue weighted by Gasteiger charge is 2.25. The zero-order valence-corrected chi connectivity index (χ0v) is 14.5. The number of hydrogen-bond donors (Lipinski definition) is 1. The second-order valence-corrected chi connectivity index (χ2v) is 5.24. The van der Waals surface area contributed by atoms with Crippen molar-refractivity contribution >= 4 is 17.9 Å². The first-order valence-corrected chi connectivity index (χ1v) is 7.97. The largest absolute Gasteiger partial charge is 0.453 e. The molecule has 7 heteroatoms. The van der Waals surface area contributed by atoms with Gasteiger partial charge in [-0.3, -0.25) is 10.2 Å². The molecule has 0 aliphatic carbocycles. The van der Waals surface area contributed by atoms with E-state index >= 15 is 0 Å². The molecule has 26 heavy (non-hydrogen) atoms. The third-order valence-electron chi connectivity index (χ3n) is 3.60. The van der Waals surface area contributed by atoms with Crippen LogP contribution in [0.2, 0.25) is 0 Å². The summed E-state index contributed by atoms with van der Waals surface area (Å²) in [6.07, 6.45) is -1.28. The molecule has 0 radical (unpaired) electrons. The molecule has 0 saturated carbocycles. The Balaban J connectivity index is 2.15. The maximum absolute atomic E-state index is 12.5. The molecule has 0 aromatic heterocycles. The molecule has 0 fully saturated rings. The van der Waals surface area contributed by atoms with Crippen molar-refractivity contribution in [3.63, 3.8) is 0 Å². The average Bonchev–Trinajstić information content (AvgIpc) is 2.66. The van der Waals surface area contributed by atoms with Crippen molar-refractivity contribution in [2.24, 2.45) is 0 Å². The highest BCUT2D eigenvalue weighted by atomic mass is 16.6. The monoisotopic (exact) mass is 353 g/mol. The molecule has 0 spiro atoms. The van der Waals surface area contributed by atoms with E-state index in [4.69, 9.17) is 4.74 Å². The lowest BCUT2D eigenvalue weighted by atomic mass is 10.1. The zero-order valence-electron chi connectivity index (χ0n) is 14.5. The average molecular weight is 353 g/mol. The second kappa shape index (κ2) is 9.08. The minimum absolute atomic E-state index is 0.243. The fraction of sp³-hybridized carbons (Fsp3) is 0.211. The molecular weight excluding hydrogens is 334 g/mol. The van der Waals surface area contributed by atoms with Crippen LogP contribution in [0.5, 0.6) is 5.75 Å². The van der Waals surface area contributed by atoms with Gasteiger partial charge in [0, 0.05) is 18.3 Å². The van der Waals surface area contributed by atoms with Gasteiger partial charge in [-0.25, -0.2) is 9.59 Å². The lowest BCUT2D eigenvalue weighted by Crippen LogP contribution is -2.36. The van der Waals surface area contributed by atoms with Crippen LogP contribution in [0.25, 0.3) is 0 Å². The van der Waals surface area contributed by atoms with E-state index in [1.54, 1.807) is 49.4 Å². The number of carbonyl (C=O) groups excluding carboxylic acids is 2. The Morgan fingerprint density at radius 3 is 2.54 bits per heavy atom. The van der Waals surface area contributed by atoms with E-state index in [2.05, 4.69) is 16.1 Å². The first-order chi connectivity index (χ1) is 12.6. The number of benzene rings is 2. The predicted octanol–water partition coefficient (Wildman–Crippen LogP) is 3.95. The number of methoxy groups -OCH3 is 1. The van der Waals surface area contributed by atoms with E-state index in [0.29, 0.717) is 17.8 Å². The number of hydrogen-bond acceptors (Lipinski definition) is 5. The van der Waals surface area contributed by atoms with Crippen LogP contribution in [0.15, 0.2) is 54.6 Å². The van der Waals surface area contributed by atoms with Crippen LogP contribution in [-0.4, -0.2) is 30.7 Å². The molecule has 2 aromatic carbocycles. The Morgan fingerprint density at radius 1 is 1.19 bits per heavy atom. The van der Waals surface area contributed by atoms with Crippen LogP contribution in [0.4, 0.5) is 15.3 Å². The zero-order chi connectivity index (χ0) is 18.9. The van der Waals surface area contributed by atoms with E-state index in [-0.39, 0.29) is 5.75 Å². The summed E-state index contributed by atoms with van der Waals surface area (Å²) in [5.41, 5.74) is 1.12. The molecule has 7 nitrogen and oxygen atoms in total. The van der Waals surface area contributed by atoms with Crippen molar-refractivity contribution in [3.05, 3.63) is 60.2 Å². The predicted molar refractivity (Wildman–Crippen MR) is 95.7 cm³/mol. The van der Waals surface area contributed by atoms with Crippen molar-refractivity contribution < 1.29 is 19.1 Å². The molecule has 2 aromatic rings. The number of anilines is 1. The van der Waals surface area contributed by atoms with Gasteiger partial charge in [0.15, 0.2) is 0 Å². The van der Waals surface area contributed by atoms with Crippen LogP contribution < -0.4 is 10.1 Å². The quantitative estimate of drug-likeness (QED) is 0.879. The topological polar surface area (TPSA) is 91.7 Å². The van der Waals surface area contributed by atoms with Gasteiger partial charge in [0.2, 0.25) is 0 Å². The van der Waals surface area contributed by atoms with E-state index in [9.17, 15) is 14.9 Å². The summed E-state index contributed by atoms with van der Waals surface area (Å²) in [5.74, 6) is 0.243. The van der Waals surface area contributed by atoms with Crippen molar-refractivity contribution in [1.29, 1.82) is 5.26 Å². The Kier molecular flexibility index (Phi) is 6.57. The summed E-state index contributed by atoms with van der Waals surface area (Å²) < 4.78 is 9.90. The van der Waals surface area contributed by atoms with Gasteiger partial charge in [0.1, 0.15) is 11.8 Å². The van der Waals surface area contributed by atoms with E-state index < -0.39 is 18.2 Å². The molecule has 0 aliphatic heterocycles. The van der Waals surface area contributed by atoms with Crippen LogP contribution in [0, 0.1) is 11.3 Å². The van der Waals surface area contributed by atoms with Crippen LogP contribution >= 0.6 is 0 Å². The standard InChI is InChI=1S/C19H19N3O4/c1-3-22(17(13-20)14-8-5-4-6-9-14)19(24)26-16-11-7-10-15(12-16)21-18(23)25-2/h4-12,17H,3H2,1-2H3,(H,21,23). The summed E-state index contributed by atoms with van der Waals surface area (Å²) in [6, 6.07) is 16.7. The van der Waals surface area contributed by atoms with Crippen LogP contribution in [0.1, 0.15) is 18.5 Å². The molecule has 1 unspecified atom stereocenters. The lowest BCUT2D eigenvalue weighted by Gasteiger charge is -2.25. The van der Waals surface area contributed by atoms with Gasteiger partial charge in [-0.05, 0) is 24.6 Å². The SMILES string of the molecule is CCN(C(=O)Oc1cccc(NC(=O)OC)c1)C(C#N)c1ccccc1. The maximum atomic E-state index is 12.5. The van der Waals surface area contributed by atoms with Crippen molar-refractivity contribution in [1.82, 2.24) is 4.90 Å². The molecule has 2 amide bonds. The number of nitrogens with one attached hydrogen (secondary N) is 1. The molecule has 0 aliphatic rings. The summed E-state index contributed by atoms with van der Waals surface area (Å²) in [6.45, 7) is 2.07. The maximum Gasteiger partial charge on any atom is 0.416 e. The molecular formula is C19H19N3O4. The molecule has 1 N–H and O–H groups in total. The Labute approximate surface area is 151 Å². The summed E-state index contributed by atoms with van der Waals surface area (Å²) >= 11 is 0. The second-order valence-electron chi connectivity index (χ2n) is 5.24. The van der Waals surface area contributed by atoms with Gasteiger partial charge in [-0.2, -0.15) is 5.26 Å². The van der Waals surface area contributed by atoms with Crippen molar-refractivity contribution in [2.45, 2.75) is 13.0 Å². The molecule has 0 bridgehead atoms. The number of rotatable bonds is 5. The van der Waals surface area contributed by atoms with Crippen LogP contribution in [0.3, 0.4) is 0 Å². The smallest absolute Gasteiger partial charge is 0.416 e. The summed E-state index contributed by atoms with van der Waals surface area (Å²) in [7, 11) is 1.25. The number of carbonyl (C=O) groups is 2. The highest BCUT2D eigenvalue weighted by Crippen LogP contribution is 2.23. The van der Waals surface area contributed by atoms with Gasteiger partial charge in [0.05, 0.1) is 13.2 Å². The first kappa shape index (κ1) is 18.8. The Bertz CT molecular complexity index is 802. The molecule has 0 heterocycles. The van der Waals surface area contributed by atoms with Gasteiger partial charge in [-0.15, -0.1) is 0 Å². The van der Waals surface area contributed by atoms with Crippen molar-refractivity contribution in [2.75, 3.05) is 19.0 Å². The van der Waals surface area contributed by atoms with Crippen LogP contribution in [-0.2, 0) is 4.74 Å². The Morgan fingerprint density at radius 2 is 1.92 bits per heavy atom. The molecule has 0 saturated heterocycles. The van der Waals surface area contributed by atoms with Gasteiger partial charge < -0.3 is 9.47 Å². The molecule has 134 valence electrons. The third-order valence-corrected chi connectivity index (χ3v) is 3.60. The highest BCUT2D eigenvalue weighted by molar-refractivity contribution is 5.85. The van der Waals surface area contributed by atoms with Gasteiger partial charge >= 0.3 is 12.2 Å². The third kappa shape index (κ3) is 4.74. The fourth-order valence-electron chi connectivity index (χ4n) is 2.34. The number of nitrogens with zero attached hydrogens (tertiary/aromatic N) is 2. The van der Waals surface area contributed by atoms with Crippen molar-refractivity contribution in [3.8, 4) is 11.8 Å². The Hall–Kier alpha value is -3.53. The minimum atomic E-state index is -0.759. The summed E-state index contributed by atoms with van der Waals surface area (Å²) in [4.78, 5) is 25.1. The minimum Gasteiger partial charge on any atom is -0.453 e. The van der Waals surface area contributed by atoms with E-state index in [1.165, 1.54) is 18.1 Å². The van der Waals surface area contributed by atoms with Gasteiger partial charge in [-0.1, -0.05) is 36.4 Å². The first-order valence-electron chi connectivity index (χ1n) is 7.97. The molecule has 2 rings (SSSR count).